The first-order valence-electron chi connectivity index (χ1n) is 7.31. The number of amides is 1. The third-order valence-electron chi connectivity index (χ3n) is 3.30. The number of hydrogen-bond donors (Lipinski definition) is 2. The number of nitrogens with one attached hydrogen (secondary N) is 2. The zero-order valence-electron chi connectivity index (χ0n) is 13.1. The second-order valence-corrected chi connectivity index (χ2v) is 7.12. The van der Waals surface area contributed by atoms with Gasteiger partial charge in [0.2, 0.25) is 10.0 Å². The number of benzene rings is 1. The molecule has 6 nitrogen and oxygen atoms in total. The van der Waals surface area contributed by atoms with Gasteiger partial charge in [0.25, 0.3) is 5.91 Å². The van der Waals surface area contributed by atoms with Gasteiger partial charge in [0.05, 0.1) is 11.2 Å². The summed E-state index contributed by atoms with van der Waals surface area (Å²) in [5.41, 5.74) is 1.08. The van der Waals surface area contributed by atoms with E-state index < -0.39 is 10.0 Å². The van der Waals surface area contributed by atoms with E-state index >= 15 is 0 Å². The molecule has 23 heavy (non-hydrogen) atoms. The molecular weight excluding hydrogens is 316 g/mol. The normalized spacial score (nSPS) is 11.6. The lowest BCUT2D eigenvalue weighted by molar-refractivity contribution is 0.0926. The summed E-state index contributed by atoms with van der Waals surface area (Å²) < 4.78 is 31.7. The highest BCUT2D eigenvalue weighted by Crippen LogP contribution is 2.17. The Labute approximate surface area is 135 Å². The minimum Gasteiger partial charge on any atom is -0.459 e. The van der Waals surface area contributed by atoms with Gasteiger partial charge in [0, 0.05) is 13.1 Å². The Kier molecular flexibility index (Phi) is 5.57. The Morgan fingerprint density at radius 1 is 1.13 bits per heavy atom. The van der Waals surface area contributed by atoms with Crippen LogP contribution in [0.5, 0.6) is 0 Å². The van der Waals surface area contributed by atoms with E-state index in [1.165, 1.54) is 12.3 Å². The van der Waals surface area contributed by atoms with Gasteiger partial charge in [-0.15, -0.1) is 0 Å². The predicted octanol–water partition coefficient (Wildman–Crippen LogP) is 2.11. The highest BCUT2D eigenvalue weighted by molar-refractivity contribution is 7.89. The van der Waals surface area contributed by atoms with E-state index in [-0.39, 0.29) is 29.7 Å². The summed E-state index contributed by atoms with van der Waals surface area (Å²) in [6.07, 6.45) is 1.40. The molecule has 1 aromatic heterocycles. The fourth-order valence-corrected chi connectivity index (χ4v) is 3.00. The van der Waals surface area contributed by atoms with E-state index in [9.17, 15) is 13.2 Å². The Bertz CT molecular complexity index is 735. The van der Waals surface area contributed by atoms with E-state index in [1.54, 1.807) is 30.3 Å². The van der Waals surface area contributed by atoms with Gasteiger partial charge in [-0.1, -0.05) is 26.0 Å². The van der Waals surface area contributed by atoms with Gasteiger partial charge < -0.3 is 9.73 Å². The van der Waals surface area contributed by atoms with Crippen LogP contribution in [0.2, 0.25) is 0 Å². The van der Waals surface area contributed by atoms with Crippen LogP contribution in [0.25, 0.3) is 0 Å². The Morgan fingerprint density at radius 2 is 1.83 bits per heavy atom. The second-order valence-electron chi connectivity index (χ2n) is 5.35. The van der Waals surface area contributed by atoms with Crippen molar-refractivity contribution in [1.82, 2.24) is 10.0 Å². The zero-order valence-corrected chi connectivity index (χ0v) is 13.9. The number of carbonyl (C=O) groups is 1. The molecule has 0 aliphatic rings. The van der Waals surface area contributed by atoms with Crippen LogP contribution in [-0.4, -0.2) is 27.4 Å². The summed E-state index contributed by atoms with van der Waals surface area (Å²) in [4.78, 5) is 11.8. The predicted molar refractivity (Wildman–Crippen MR) is 86.8 cm³/mol. The summed E-state index contributed by atoms with van der Waals surface area (Å²) in [6.45, 7) is 4.36. The molecule has 0 unspecified atom stereocenters. The van der Waals surface area contributed by atoms with Gasteiger partial charge in [-0.25, -0.2) is 13.1 Å². The maximum atomic E-state index is 12.1. The Balaban J connectivity index is 1.85. The molecule has 0 atom stereocenters. The SMILES string of the molecule is CC(C)c1ccc(S(=O)(=O)NCCNC(=O)c2ccco2)cc1. The lowest BCUT2D eigenvalue weighted by atomic mass is 10.0. The average molecular weight is 336 g/mol. The molecule has 0 radical (unpaired) electrons. The molecule has 0 saturated carbocycles. The van der Waals surface area contributed by atoms with Crippen LogP contribution in [0.4, 0.5) is 0 Å². The van der Waals surface area contributed by atoms with Gasteiger partial charge in [-0.05, 0) is 35.7 Å². The molecule has 0 spiro atoms. The standard InChI is InChI=1S/C16H20N2O4S/c1-12(2)13-5-7-14(8-6-13)23(20,21)18-10-9-17-16(19)15-4-3-11-22-15/h3-8,11-12,18H,9-10H2,1-2H3,(H,17,19). The fraction of sp³-hybridized carbons (Fsp3) is 0.312. The van der Waals surface area contributed by atoms with E-state index in [1.807, 2.05) is 13.8 Å². The van der Waals surface area contributed by atoms with Crippen LogP contribution in [0, 0.1) is 0 Å². The van der Waals surface area contributed by atoms with Gasteiger partial charge in [-0.2, -0.15) is 0 Å². The maximum Gasteiger partial charge on any atom is 0.287 e. The number of furan rings is 1. The molecule has 1 amide bonds. The Hall–Kier alpha value is -2.12. The van der Waals surface area contributed by atoms with Gasteiger partial charge >= 0.3 is 0 Å². The van der Waals surface area contributed by atoms with Crippen LogP contribution in [-0.2, 0) is 10.0 Å². The van der Waals surface area contributed by atoms with E-state index in [0.29, 0.717) is 5.92 Å². The first-order chi connectivity index (χ1) is 10.9. The molecule has 0 fully saturated rings. The molecule has 124 valence electrons. The molecule has 1 aromatic carbocycles. The van der Waals surface area contributed by atoms with Crippen molar-refractivity contribution in [1.29, 1.82) is 0 Å². The number of sulfonamides is 1. The van der Waals surface area contributed by atoms with Gasteiger partial charge in [0.1, 0.15) is 0 Å². The average Bonchev–Trinajstić information content (AvgIpc) is 3.06. The summed E-state index contributed by atoms with van der Waals surface area (Å²) in [7, 11) is -3.58. The minimum atomic E-state index is -3.58. The highest BCUT2D eigenvalue weighted by Gasteiger charge is 2.14. The van der Waals surface area contributed by atoms with Crippen LogP contribution in [0.1, 0.15) is 35.9 Å². The molecule has 0 aliphatic heterocycles. The lowest BCUT2D eigenvalue weighted by Crippen LogP contribution is -2.34. The van der Waals surface area contributed by atoms with Crippen LogP contribution in [0.3, 0.4) is 0 Å². The molecule has 0 bridgehead atoms. The number of hydrogen-bond acceptors (Lipinski definition) is 4. The van der Waals surface area contributed by atoms with Gasteiger partial charge in [0.15, 0.2) is 5.76 Å². The smallest absolute Gasteiger partial charge is 0.287 e. The van der Waals surface area contributed by atoms with Crippen LogP contribution >= 0.6 is 0 Å². The Morgan fingerprint density at radius 3 is 2.39 bits per heavy atom. The van der Waals surface area contributed by atoms with Crippen molar-refractivity contribution in [3.05, 3.63) is 54.0 Å². The van der Waals surface area contributed by atoms with Crippen molar-refractivity contribution >= 4 is 15.9 Å². The van der Waals surface area contributed by atoms with Gasteiger partial charge in [-0.3, -0.25) is 4.79 Å². The lowest BCUT2D eigenvalue weighted by Gasteiger charge is -2.09. The van der Waals surface area contributed by atoms with E-state index in [0.717, 1.165) is 5.56 Å². The maximum absolute atomic E-state index is 12.1. The highest BCUT2D eigenvalue weighted by atomic mass is 32.2. The molecule has 2 rings (SSSR count). The topological polar surface area (TPSA) is 88.4 Å². The first-order valence-corrected chi connectivity index (χ1v) is 8.80. The van der Waals surface area contributed by atoms with Crippen molar-refractivity contribution in [2.45, 2.75) is 24.7 Å². The first kappa shape index (κ1) is 17.2. The number of rotatable bonds is 7. The van der Waals surface area contributed by atoms with E-state index in [2.05, 4.69) is 10.0 Å². The van der Waals surface area contributed by atoms with Crippen molar-refractivity contribution in [2.75, 3.05) is 13.1 Å². The third-order valence-corrected chi connectivity index (χ3v) is 4.78. The molecule has 7 heteroatoms. The van der Waals surface area contributed by atoms with Crippen LogP contribution < -0.4 is 10.0 Å². The van der Waals surface area contributed by atoms with Crippen molar-refractivity contribution in [2.24, 2.45) is 0 Å². The minimum absolute atomic E-state index is 0.0979. The molecule has 2 aromatic rings. The largest absolute Gasteiger partial charge is 0.459 e. The molecule has 2 N–H and O–H groups in total. The molecule has 0 aliphatic carbocycles. The van der Waals surface area contributed by atoms with E-state index in [4.69, 9.17) is 4.42 Å². The summed E-state index contributed by atoms with van der Waals surface area (Å²) in [5.74, 6) is 0.157. The number of carbonyl (C=O) groups excluding carboxylic acids is 1. The quantitative estimate of drug-likeness (QED) is 0.758. The molecular formula is C16H20N2O4S. The van der Waals surface area contributed by atoms with Crippen molar-refractivity contribution < 1.29 is 17.6 Å². The van der Waals surface area contributed by atoms with Crippen LogP contribution in [0.15, 0.2) is 52.0 Å². The van der Waals surface area contributed by atoms with Crippen molar-refractivity contribution in [3.63, 3.8) is 0 Å². The second kappa shape index (κ2) is 7.43. The molecule has 0 saturated heterocycles. The van der Waals surface area contributed by atoms with Crippen molar-refractivity contribution in [3.8, 4) is 0 Å². The third kappa shape index (κ3) is 4.67. The molecule has 1 heterocycles. The fourth-order valence-electron chi connectivity index (χ4n) is 1.97. The summed E-state index contributed by atoms with van der Waals surface area (Å²) >= 11 is 0. The summed E-state index contributed by atoms with van der Waals surface area (Å²) in [6, 6.07) is 9.92. The summed E-state index contributed by atoms with van der Waals surface area (Å²) in [5, 5.41) is 2.57. The zero-order chi connectivity index (χ0) is 16.9. The monoisotopic (exact) mass is 336 g/mol.